The zero-order valence-electron chi connectivity index (χ0n) is 8.20. The van der Waals surface area contributed by atoms with Crippen LogP contribution in [0.4, 0.5) is 0 Å². The number of hydrogen-bond acceptors (Lipinski definition) is 0. The van der Waals surface area contributed by atoms with E-state index in [1.807, 2.05) is 0 Å². The lowest BCUT2D eigenvalue weighted by atomic mass is 10.4. The van der Waals surface area contributed by atoms with E-state index in [9.17, 15) is 0 Å². The van der Waals surface area contributed by atoms with Crippen LogP contribution in [0.3, 0.4) is 0 Å². The molecule has 1 fully saturated rings. The van der Waals surface area contributed by atoms with E-state index in [-0.39, 0.29) is 0 Å². The molecule has 0 amide bonds. The minimum Gasteiger partial charge on any atom is -0.0619 e. The summed E-state index contributed by atoms with van der Waals surface area (Å²) in [7, 11) is 0.572. The molecule has 1 aromatic rings. The van der Waals surface area contributed by atoms with Gasteiger partial charge in [-0.25, -0.2) is 0 Å². The summed E-state index contributed by atoms with van der Waals surface area (Å²) >= 11 is 0. The standard InChI is InChI=1S/C12H17S/c1-2-10-13(12-8-9-12)11-6-4-3-5-7-11/h3-7,12H,2,8-10H2,1H3/q+1. The Bertz CT molecular complexity index is 251. The van der Waals surface area contributed by atoms with Gasteiger partial charge in [-0.3, -0.25) is 0 Å². The molecule has 0 radical (unpaired) electrons. The molecule has 1 aliphatic carbocycles. The van der Waals surface area contributed by atoms with Crippen LogP contribution in [-0.4, -0.2) is 11.0 Å². The average molecular weight is 193 g/mol. The van der Waals surface area contributed by atoms with E-state index < -0.39 is 0 Å². The number of benzene rings is 1. The SMILES string of the molecule is CCC[S+](c1ccccc1)C1CC1. The second kappa shape index (κ2) is 4.19. The van der Waals surface area contributed by atoms with Gasteiger partial charge in [0.15, 0.2) is 4.90 Å². The van der Waals surface area contributed by atoms with Crippen molar-refractivity contribution in [3.05, 3.63) is 30.3 Å². The molecule has 2 rings (SSSR count). The predicted molar refractivity (Wildman–Crippen MR) is 60.3 cm³/mol. The molecule has 1 atom stereocenters. The van der Waals surface area contributed by atoms with Crippen LogP contribution < -0.4 is 0 Å². The molecule has 0 heterocycles. The Labute approximate surface area is 83.7 Å². The van der Waals surface area contributed by atoms with Crippen LogP contribution in [0.25, 0.3) is 0 Å². The van der Waals surface area contributed by atoms with Gasteiger partial charge < -0.3 is 0 Å². The lowest BCUT2D eigenvalue weighted by Crippen LogP contribution is -2.12. The van der Waals surface area contributed by atoms with Crippen LogP contribution >= 0.6 is 0 Å². The van der Waals surface area contributed by atoms with Crippen molar-refractivity contribution < 1.29 is 0 Å². The molecule has 1 unspecified atom stereocenters. The third-order valence-corrected chi connectivity index (χ3v) is 5.40. The van der Waals surface area contributed by atoms with Crippen molar-refractivity contribution in [3.63, 3.8) is 0 Å². The molecule has 0 nitrogen and oxygen atoms in total. The highest BCUT2D eigenvalue weighted by atomic mass is 32.2. The molecular weight excluding hydrogens is 176 g/mol. The lowest BCUT2D eigenvalue weighted by molar-refractivity contribution is 1.09. The van der Waals surface area contributed by atoms with Gasteiger partial charge in [0.1, 0.15) is 11.0 Å². The van der Waals surface area contributed by atoms with Crippen LogP contribution in [-0.2, 0) is 10.9 Å². The van der Waals surface area contributed by atoms with E-state index >= 15 is 0 Å². The Morgan fingerprint density at radius 2 is 1.92 bits per heavy atom. The van der Waals surface area contributed by atoms with Crippen LogP contribution in [0.1, 0.15) is 26.2 Å². The average Bonchev–Trinajstić information content (AvgIpc) is 2.99. The summed E-state index contributed by atoms with van der Waals surface area (Å²) in [5.41, 5.74) is 0. The minimum absolute atomic E-state index is 0.572. The first-order valence-corrected chi connectivity index (χ1v) is 6.62. The summed E-state index contributed by atoms with van der Waals surface area (Å²) in [6, 6.07) is 11.1. The molecule has 1 heteroatoms. The topological polar surface area (TPSA) is 0 Å². The first-order chi connectivity index (χ1) is 6.42. The minimum atomic E-state index is 0.572. The first-order valence-electron chi connectivity index (χ1n) is 5.16. The fourth-order valence-electron chi connectivity index (χ4n) is 1.64. The molecule has 70 valence electrons. The van der Waals surface area contributed by atoms with Crippen molar-refractivity contribution in [3.8, 4) is 0 Å². The van der Waals surface area contributed by atoms with E-state index in [2.05, 4.69) is 37.3 Å². The maximum Gasteiger partial charge on any atom is 0.155 e. The molecule has 1 aromatic carbocycles. The Morgan fingerprint density at radius 1 is 1.23 bits per heavy atom. The Hall–Kier alpha value is -0.430. The Morgan fingerprint density at radius 3 is 2.46 bits per heavy atom. The summed E-state index contributed by atoms with van der Waals surface area (Å²) in [6.07, 6.45) is 4.27. The third-order valence-electron chi connectivity index (χ3n) is 2.40. The molecule has 0 aromatic heterocycles. The number of rotatable bonds is 4. The van der Waals surface area contributed by atoms with Crippen molar-refractivity contribution in [1.82, 2.24) is 0 Å². The van der Waals surface area contributed by atoms with Crippen molar-refractivity contribution in [2.45, 2.75) is 36.3 Å². The Balaban J connectivity index is 2.10. The zero-order valence-corrected chi connectivity index (χ0v) is 9.02. The molecule has 0 bridgehead atoms. The first kappa shape index (κ1) is 9.14. The summed E-state index contributed by atoms with van der Waals surface area (Å²) in [5.74, 6) is 1.40. The fourth-order valence-corrected chi connectivity index (χ4v) is 4.25. The lowest BCUT2D eigenvalue weighted by Gasteiger charge is -2.05. The van der Waals surface area contributed by atoms with Crippen LogP contribution in [0.2, 0.25) is 0 Å². The molecule has 1 saturated carbocycles. The van der Waals surface area contributed by atoms with Crippen LogP contribution in [0, 0.1) is 0 Å². The highest BCUT2D eigenvalue weighted by molar-refractivity contribution is 7.97. The summed E-state index contributed by atoms with van der Waals surface area (Å²) in [5, 5.41) is 1.03. The van der Waals surface area contributed by atoms with Gasteiger partial charge in [-0.05, 0) is 18.6 Å². The van der Waals surface area contributed by atoms with Gasteiger partial charge in [-0.2, -0.15) is 0 Å². The van der Waals surface area contributed by atoms with Gasteiger partial charge in [-0.15, -0.1) is 0 Å². The fraction of sp³-hybridized carbons (Fsp3) is 0.500. The molecule has 13 heavy (non-hydrogen) atoms. The molecule has 0 spiro atoms. The monoisotopic (exact) mass is 193 g/mol. The molecule has 0 N–H and O–H groups in total. The van der Waals surface area contributed by atoms with Gasteiger partial charge in [0.2, 0.25) is 0 Å². The van der Waals surface area contributed by atoms with E-state index in [0.29, 0.717) is 10.9 Å². The smallest absolute Gasteiger partial charge is 0.0619 e. The van der Waals surface area contributed by atoms with Gasteiger partial charge in [0.05, 0.1) is 0 Å². The largest absolute Gasteiger partial charge is 0.155 e. The van der Waals surface area contributed by atoms with E-state index in [0.717, 1.165) is 5.25 Å². The number of hydrogen-bond donors (Lipinski definition) is 0. The predicted octanol–water partition coefficient (Wildman–Crippen LogP) is 3.24. The summed E-state index contributed by atoms with van der Waals surface area (Å²) in [4.78, 5) is 1.59. The van der Waals surface area contributed by atoms with Crippen molar-refractivity contribution >= 4 is 10.9 Å². The zero-order chi connectivity index (χ0) is 9.10. The van der Waals surface area contributed by atoms with Crippen molar-refractivity contribution in [2.75, 3.05) is 5.75 Å². The van der Waals surface area contributed by atoms with E-state index in [4.69, 9.17) is 0 Å². The van der Waals surface area contributed by atoms with Crippen LogP contribution in [0.5, 0.6) is 0 Å². The normalized spacial score (nSPS) is 18.5. The van der Waals surface area contributed by atoms with Gasteiger partial charge >= 0.3 is 0 Å². The highest BCUT2D eigenvalue weighted by Crippen LogP contribution is 2.35. The van der Waals surface area contributed by atoms with Gasteiger partial charge in [-0.1, -0.05) is 25.1 Å². The summed E-state index contributed by atoms with van der Waals surface area (Å²) in [6.45, 7) is 2.30. The third kappa shape index (κ3) is 2.28. The summed E-state index contributed by atoms with van der Waals surface area (Å²) < 4.78 is 0. The van der Waals surface area contributed by atoms with Gasteiger partial charge in [0.25, 0.3) is 0 Å². The van der Waals surface area contributed by atoms with Gasteiger partial charge in [0, 0.05) is 23.7 Å². The van der Waals surface area contributed by atoms with E-state index in [1.165, 1.54) is 25.0 Å². The highest BCUT2D eigenvalue weighted by Gasteiger charge is 2.40. The van der Waals surface area contributed by atoms with Crippen molar-refractivity contribution in [1.29, 1.82) is 0 Å². The maximum absolute atomic E-state index is 2.30. The van der Waals surface area contributed by atoms with Crippen molar-refractivity contribution in [2.24, 2.45) is 0 Å². The Kier molecular flexibility index (Phi) is 2.94. The second-order valence-electron chi connectivity index (χ2n) is 3.65. The van der Waals surface area contributed by atoms with E-state index in [1.54, 1.807) is 4.90 Å². The quantitative estimate of drug-likeness (QED) is 0.644. The second-order valence-corrected chi connectivity index (χ2v) is 6.05. The maximum atomic E-state index is 2.30. The molecular formula is C12H17S+. The molecule has 0 aliphatic heterocycles. The van der Waals surface area contributed by atoms with Crippen LogP contribution in [0.15, 0.2) is 35.2 Å². The molecule has 0 saturated heterocycles. The molecule has 1 aliphatic rings.